The molecule has 0 saturated heterocycles. The molecule has 92 valence electrons. The number of rotatable bonds is 5. The van der Waals surface area contributed by atoms with E-state index in [4.69, 9.17) is 4.74 Å². The van der Waals surface area contributed by atoms with Crippen LogP contribution in [0.3, 0.4) is 0 Å². The van der Waals surface area contributed by atoms with Gasteiger partial charge in [0.2, 0.25) is 5.88 Å². The SMILES string of the molecule is COc1c(CNCc2cccs2)c(C)nn1C. The molecular weight excluding hydrogens is 234 g/mol. The van der Waals surface area contributed by atoms with Crippen LogP contribution in [0.4, 0.5) is 0 Å². The Balaban J connectivity index is 1.99. The fourth-order valence-corrected chi connectivity index (χ4v) is 2.54. The fraction of sp³-hybridized carbons (Fsp3) is 0.417. The monoisotopic (exact) mass is 251 g/mol. The molecule has 0 fully saturated rings. The smallest absolute Gasteiger partial charge is 0.216 e. The van der Waals surface area contributed by atoms with E-state index < -0.39 is 0 Å². The molecule has 0 saturated carbocycles. The maximum atomic E-state index is 5.35. The molecule has 0 aliphatic heterocycles. The van der Waals surface area contributed by atoms with Gasteiger partial charge in [0.1, 0.15) is 0 Å². The summed E-state index contributed by atoms with van der Waals surface area (Å²) in [5, 5.41) is 9.85. The van der Waals surface area contributed by atoms with Gasteiger partial charge in [-0.15, -0.1) is 11.3 Å². The van der Waals surface area contributed by atoms with Gasteiger partial charge in [-0.3, -0.25) is 0 Å². The molecule has 2 aromatic rings. The normalized spacial score (nSPS) is 10.8. The molecule has 2 aromatic heterocycles. The average Bonchev–Trinajstić information content (AvgIpc) is 2.88. The van der Waals surface area contributed by atoms with Gasteiger partial charge in [-0.1, -0.05) is 6.07 Å². The molecule has 0 aliphatic rings. The van der Waals surface area contributed by atoms with Gasteiger partial charge >= 0.3 is 0 Å². The van der Waals surface area contributed by atoms with E-state index in [0.29, 0.717) is 0 Å². The van der Waals surface area contributed by atoms with Crippen LogP contribution >= 0.6 is 11.3 Å². The lowest BCUT2D eigenvalue weighted by atomic mass is 10.2. The van der Waals surface area contributed by atoms with Crippen LogP contribution < -0.4 is 10.1 Å². The Morgan fingerprint density at radius 3 is 2.94 bits per heavy atom. The number of aromatic nitrogens is 2. The number of nitrogens with zero attached hydrogens (tertiary/aromatic N) is 2. The molecular formula is C12H17N3OS. The van der Waals surface area contributed by atoms with E-state index in [0.717, 1.165) is 30.2 Å². The van der Waals surface area contributed by atoms with E-state index in [1.807, 2.05) is 14.0 Å². The van der Waals surface area contributed by atoms with E-state index in [-0.39, 0.29) is 0 Å². The van der Waals surface area contributed by atoms with Crippen molar-refractivity contribution in [3.8, 4) is 5.88 Å². The Morgan fingerprint density at radius 1 is 1.47 bits per heavy atom. The maximum absolute atomic E-state index is 5.35. The first-order valence-corrected chi connectivity index (χ1v) is 6.40. The van der Waals surface area contributed by atoms with Crippen LogP contribution in [0.1, 0.15) is 16.1 Å². The van der Waals surface area contributed by atoms with Crippen molar-refractivity contribution in [2.75, 3.05) is 7.11 Å². The van der Waals surface area contributed by atoms with Crippen LogP contribution in [0.25, 0.3) is 0 Å². The van der Waals surface area contributed by atoms with Crippen molar-refractivity contribution < 1.29 is 4.74 Å². The molecule has 17 heavy (non-hydrogen) atoms. The summed E-state index contributed by atoms with van der Waals surface area (Å²) in [5.74, 6) is 0.834. The predicted molar refractivity (Wildman–Crippen MR) is 69.4 cm³/mol. The van der Waals surface area contributed by atoms with Crippen LogP contribution in [-0.2, 0) is 20.1 Å². The molecule has 0 aromatic carbocycles. The third-order valence-electron chi connectivity index (χ3n) is 2.66. The second kappa shape index (κ2) is 5.33. The Labute approximate surface area is 105 Å². The molecule has 1 N–H and O–H groups in total. The summed E-state index contributed by atoms with van der Waals surface area (Å²) in [6.45, 7) is 3.67. The van der Waals surface area contributed by atoms with Crippen molar-refractivity contribution in [2.45, 2.75) is 20.0 Å². The number of hydrogen-bond donors (Lipinski definition) is 1. The van der Waals surface area contributed by atoms with Gasteiger partial charge in [0, 0.05) is 25.0 Å². The summed E-state index contributed by atoms with van der Waals surface area (Å²) in [5.41, 5.74) is 2.15. The molecule has 0 amide bonds. The fourth-order valence-electron chi connectivity index (χ4n) is 1.86. The van der Waals surface area contributed by atoms with Gasteiger partial charge in [0.15, 0.2) is 0 Å². The van der Waals surface area contributed by atoms with Crippen LogP contribution in [0, 0.1) is 6.92 Å². The van der Waals surface area contributed by atoms with E-state index >= 15 is 0 Å². The Kier molecular flexibility index (Phi) is 3.81. The Bertz CT molecular complexity index is 476. The number of thiophene rings is 1. The van der Waals surface area contributed by atoms with Crippen molar-refractivity contribution in [2.24, 2.45) is 7.05 Å². The van der Waals surface area contributed by atoms with Crippen molar-refractivity contribution >= 4 is 11.3 Å². The second-order valence-corrected chi connectivity index (χ2v) is 4.91. The zero-order chi connectivity index (χ0) is 12.3. The molecule has 2 heterocycles. The predicted octanol–water partition coefficient (Wildman–Crippen LogP) is 2.09. The zero-order valence-electron chi connectivity index (χ0n) is 10.4. The number of ether oxygens (including phenoxy) is 1. The lowest BCUT2D eigenvalue weighted by Crippen LogP contribution is -2.13. The number of aryl methyl sites for hydroxylation is 2. The molecule has 5 heteroatoms. The van der Waals surface area contributed by atoms with Crippen LogP contribution in [0.5, 0.6) is 5.88 Å². The summed E-state index contributed by atoms with van der Waals surface area (Å²) in [4.78, 5) is 1.34. The van der Waals surface area contributed by atoms with E-state index in [1.54, 1.807) is 23.1 Å². The number of methoxy groups -OCH3 is 1. The first-order chi connectivity index (χ1) is 8.22. The molecule has 0 bridgehead atoms. The van der Waals surface area contributed by atoms with E-state index in [9.17, 15) is 0 Å². The second-order valence-electron chi connectivity index (χ2n) is 3.88. The molecule has 0 aliphatic carbocycles. The van der Waals surface area contributed by atoms with Crippen molar-refractivity contribution in [3.63, 3.8) is 0 Å². The Morgan fingerprint density at radius 2 is 2.29 bits per heavy atom. The first-order valence-electron chi connectivity index (χ1n) is 5.52. The molecule has 0 unspecified atom stereocenters. The lowest BCUT2D eigenvalue weighted by Gasteiger charge is -2.06. The highest BCUT2D eigenvalue weighted by Gasteiger charge is 2.12. The summed E-state index contributed by atoms with van der Waals surface area (Å²) in [7, 11) is 3.58. The summed E-state index contributed by atoms with van der Waals surface area (Å²) in [6, 6.07) is 4.20. The van der Waals surface area contributed by atoms with Gasteiger partial charge < -0.3 is 10.1 Å². The van der Waals surface area contributed by atoms with Gasteiger partial charge in [-0.05, 0) is 18.4 Å². The van der Waals surface area contributed by atoms with Gasteiger partial charge in [0.05, 0.1) is 18.4 Å². The van der Waals surface area contributed by atoms with Gasteiger partial charge in [0.25, 0.3) is 0 Å². The highest BCUT2D eigenvalue weighted by atomic mass is 32.1. The third kappa shape index (κ3) is 2.68. The molecule has 0 spiro atoms. The number of hydrogen-bond acceptors (Lipinski definition) is 4. The molecule has 0 radical (unpaired) electrons. The zero-order valence-corrected chi connectivity index (χ0v) is 11.2. The molecule has 2 rings (SSSR count). The molecule has 4 nitrogen and oxygen atoms in total. The first kappa shape index (κ1) is 12.1. The minimum absolute atomic E-state index is 0.779. The third-order valence-corrected chi connectivity index (χ3v) is 3.54. The molecule has 0 atom stereocenters. The summed E-state index contributed by atoms with van der Waals surface area (Å²) >= 11 is 1.76. The highest BCUT2D eigenvalue weighted by molar-refractivity contribution is 7.09. The Hall–Kier alpha value is -1.33. The maximum Gasteiger partial charge on any atom is 0.216 e. The van der Waals surface area contributed by atoms with Crippen molar-refractivity contribution in [1.82, 2.24) is 15.1 Å². The van der Waals surface area contributed by atoms with E-state index in [1.165, 1.54) is 4.88 Å². The van der Waals surface area contributed by atoms with Gasteiger partial charge in [-0.25, -0.2) is 4.68 Å². The number of nitrogens with one attached hydrogen (secondary N) is 1. The van der Waals surface area contributed by atoms with E-state index in [2.05, 4.69) is 27.9 Å². The van der Waals surface area contributed by atoms with Crippen LogP contribution in [-0.4, -0.2) is 16.9 Å². The largest absolute Gasteiger partial charge is 0.481 e. The topological polar surface area (TPSA) is 39.1 Å². The van der Waals surface area contributed by atoms with Crippen LogP contribution in [0.2, 0.25) is 0 Å². The van der Waals surface area contributed by atoms with Crippen molar-refractivity contribution in [1.29, 1.82) is 0 Å². The average molecular weight is 251 g/mol. The minimum Gasteiger partial charge on any atom is -0.481 e. The standard InChI is InChI=1S/C12H17N3OS/c1-9-11(12(16-3)15(2)14-9)8-13-7-10-5-4-6-17-10/h4-6,13H,7-8H2,1-3H3. The highest BCUT2D eigenvalue weighted by Crippen LogP contribution is 2.20. The van der Waals surface area contributed by atoms with Crippen molar-refractivity contribution in [3.05, 3.63) is 33.6 Å². The minimum atomic E-state index is 0.779. The summed E-state index contributed by atoms with van der Waals surface area (Å²) < 4.78 is 7.12. The lowest BCUT2D eigenvalue weighted by molar-refractivity contribution is 0.368. The van der Waals surface area contributed by atoms with Gasteiger partial charge in [-0.2, -0.15) is 5.10 Å². The van der Waals surface area contributed by atoms with Crippen LogP contribution in [0.15, 0.2) is 17.5 Å². The quantitative estimate of drug-likeness (QED) is 0.884. The summed E-state index contributed by atoms with van der Waals surface area (Å²) in [6.07, 6.45) is 0.